The number of carbonyl (C=O) groups is 2. The summed E-state index contributed by atoms with van der Waals surface area (Å²) in [4.78, 5) is 26.1. The fraction of sp³-hybridized carbons (Fsp3) is 0.238. The molecule has 36 heavy (non-hydrogen) atoms. The number of primary amides is 2. The highest BCUT2D eigenvalue weighted by molar-refractivity contribution is 6.10. The largest absolute Gasteiger partial charge is 0.461 e. The van der Waals surface area contributed by atoms with E-state index in [0.717, 1.165) is 0 Å². The number of carbonyl (C=O) groups excluding carboxylic acids is 2. The summed E-state index contributed by atoms with van der Waals surface area (Å²) in [5.74, 6) is -12.0. The molecule has 3 aromatic rings. The first-order chi connectivity index (χ1) is 16.4. The van der Waals surface area contributed by atoms with Crippen LogP contribution in [0, 0.1) is 6.92 Å². The number of benzene rings is 2. The maximum absolute atomic E-state index is 13.6. The Morgan fingerprint density at radius 3 is 2.06 bits per heavy atom. The third-order valence-corrected chi connectivity index (χ3v) is 5.05. The SMILES string of the molecule is Cc1cc(Cn2nc(C(F)(F)C(F)(F)F)nc2C(F)(F)F)ccc1-c1cccc(C(N)=O)c1C(N)=O. The van der Waals surface area contributed by atoms with Gasteiger partial charge in [0.25, 0.3) is 0 Å². The Balaban J connectivity index is 2.07. The van der Waals surface area contributed by atoms with Gasteiger partial charge in [-0.25, -0.2) is 9.67 Å². The molecule has 0 aliphatic rings. The Labute approximate surface area is 196 Å². The topological polar surface area (TPSA) is 117 Å². The third kappa shape index (κ3) is 4.85. The summed E-state index contributed by atoms with van der Waals surface area (Å²) >= 11 is 0. The summed E-state index contributed by atoms with van der Waals surface area (Å²) in [6, 6.07) is 8.00. The van der Waals surface area contributed by atoms with Crippen molar-refractivity contribution in [1.29, 1.82) is 0 Å². The van der Waals surface area contributed by atoms with Crippen molar-refractivity contribution in [3.8, 4) is 11.1 Å². The average Bonchev–Trinajstić information content (AvgIpc) is 3.17. The van der Waals surface area contributed by atoms with Gasteiger partial charge in [-0.2, -0.15) is 35.1 Å². The molecule has 4 N–H and O–H groups in total. The van der Waals surface area contributed by atoms with Gasteiger partial charge in [0.1, 0.15) is 0 Å². The lowest BCUT2D eigenvalue weighted by molar-refractivity contribution is -0.292. The van der Waals surface area contributed by atoms with E-state index in [1.807, 2.05) is 0 Å². The van der Waals surface area contributed by atoms with Crippen molar-refractivity contribution in [1.82, 2.24) is 14.8 Å². The summed E-state index contributed by atoms with van der Waals surface area (Å²) < 4.78 is 105. The lowest BCUT2D eigenvalue weighted by Crippen LogP contribution is -2.35. The van der Waals surface area contributed by atoms with Crippen molar-refractivity contribution in [2.24, 2.45) is 11.5 Å². The molecule has 0 saturated carbocycles. The van der Waals surface area contributed by atoms with E-state index >= 15 is 0 Å². The fourth-order valence-electron chi connectivity index (χ4n) is 3.47. The fourth-order valence-corrected chi connectivity index (χ4v) is 3.47. The number of hydrogen-bond donors (Lipinski definition) is 2. The molecule has 0 atom stereocenters. The van der Waals surface area contributed by atoms with Crippen LogP contribution in [-0.2, 0) is 18.6 Å². The van der Waals surface area contributed by atoms with Gasteiger partial charge in [-0.05, 0) is 35.2 Å². The second kappa shape index (κ2) is 8.87. The highest BCUT2D eigenvalue weighted by Gasteiger charge is 2.62. The lowest BCUT2D eigenvalue weighted by atomic mass is 9.91. The molecule has 0 radical (unpaired) electrons. The van der Waals surface area contributed by atoms with Gasteiger partial charge in [0, 0.05) is 0 Å². The van der Waals surface area contributed by atoms with Crippen LogP contribution >= 0.6 is 0 Å². The Morgan fingerprint density at radius 2 is 1.56 bits per heavy atom. The summed E-state index contributed by atoms with van der Waals surface area (Å²) in [6.45, 7) is 0.622. The smallest absolute Gasteiger partial charge is 0.366 e. The number of amides is 2. The zero-order valence-corrected chi connectivity index (χ0v) is 18.0. The van der Waals surface area contributed by atoms with E-state index in [1.54, 1.807) is 0 Å². The zero-order chi connectivity index (χ0) is 27.2. The summed E-state index contributed by atoms with van der Waals surface area (Å²) in [5.41, 5.74) is 11.2. The number of alkyl halides is 8. The number of hydrogen-bond acceptors (Lipinski definition) is 4. The molecule has 1 heterocycles. The van der Waals surface area contributed by atoms with Crippen molar-refractivity contribution < 1.29 is 44.7 Å². The van der Waals surface area contributed by atoms with Gasteiger partial charge in [-0.3, -0.25) is 9.59 Å². The van der Waals surface area contributed by atoms with E-state index in [9.17, 15) is 44.7 Å². The molecular weight excluding hydrogens is 506 g/mol. The van der Waals surface area contributed by atoms with Crippen LogP contribution in [0.1, 0.15) is 43.5 Å². The predicted molar refractivity (Wildman–Crippen MR) is 108 cm³/mol. The summed E-state index contributed by atoms with van der Waals surface area (Å²) in [6.07, 6.45) is -11.6. The average molecular weight is 521 g/mol. The van der Waals surface area contributed by atoms with Gasteiger partial charge in [0.2, 0.25) is 23.5 Å². The van der Waals surface area contributed by atoms with Crippen LogP contribution in [0.4, 0.5) is 35.1 Å². The number of aryl methyl sites for hydroxylation is 1. The van der Waals surface area contributed by atoms with Gasteiger partial charge in [0.05, 0.1) is 17.7 Å². The molecule has 0 saturated heterocycles. The van der Waals surface area contributed by atoms with Crippen LogP contribution in [0.2, 0.25) is 0 Å². The summed E-state index contributed by atoms with van der Waals surface area (Å²) in [7, 11) is 0. The van der Waals surface area contributed by atoms with Gasteiger partial charge in [-0.15, -0.1) is 5.10 Å². The van der Waals surface area contributed by atoms with E-state index in [1.165, 1.54) is 43.3 Å². The van der Waals surface area contributed by atoms with E-state index < -0.39 is 48.3 Å². The minimum Gasteiger partial charge on any atom is -0.366 e. The van der Waals surface area contributed by atoms with Crippen LogP contribution in [0.25, 0.3) is 11.1 Å². The van der Waals surface area contributed by atoms with Crippen molar-refractivity contribution >= 4 is 11.8 Å². The highest BCUT2D eigenvalue weighted by Crippen LogP contribution is 2.43. The Kier molecular flexibility index (Phi) is 6.55. The second-order valence-electron chi connectivity index (χ2n) is 7.59. The zero-order valence-electron chi connectivity index (χ0n) is 18.0. The molecule has 0 aliphatic carbocycles. The minimum absolute atomic E-state index is 0.0280. The molecule has 0 spiro atoms. The molecule has 1 aromatic heterocycles. The van der Waals surface area contributed by atoms with Crippen molar-refractivity contribution in [3.05, 3.63) is 70.3 Å². The standard InChI is InChI=1S/C21H15F8N5O2/c1-9-7-10(5-6-11(9)12-3-2-4-13(15(30)35)14(12)16(31)36)8-34-18(20(24,25)26)32-17(33-34)19(22,23)21(27,28)29/h2-7H,8H2,1H3,(H2,30,35)(H2,31,36). The maximum Gasteiger partial charge on any atom is 0.461 e. The maximum atomic E-state index is 13.6. The number of nitrogens with two attached hydrogens (primary N) is 2. The van der Waals surface area contributed by atoms with Crippen molar-refractivity contribution in [2.45, 2.75) is 31.7 Å². The van der Waals surface area contributed by atoms with Crippen molar-refractivity contribution in [3.63, 3.8) is 0 Å². The Bertz CT molecular complexity index is 1350. The van der Waals surface area contributed by atoms with Crippen LogP contribution < -0.4 is 11.5 Å². The minimum atomic E-state index is -6.21. The third-order valence-electron chi connectivity index (χ3n) is 5.05. The van der Waals surface area contributed by atoms with Crippen LogP contribution in [0.5, 0.6) is 0 Å². The van der Waals surface area contributed by atoms with Crippen LogP contribution in [-0.4, -0.2) is 32.8 Å². The van der Waals surface area contributed by atoms with E-state index in [2.05, 4.69) is 10.1 Å². The highest BCUT2D eigenvalue weighted by atomic mass is 19.4. The van der Waals surface area contributed by atoms with Gasteiger partial charge >= 0.3 is 18.3 Å². The molecule has 3 rings (SSSR count). The molecule has 2 amide bonds. The first-order valence-electron chi connectivity index (χ1n) is 9.74. The van der Waals surface area contributed by atoms with Crippen LogP contribution in [0.15, 0.2) is 36.4 Å². The van der Waals surface area contributed by atoms with Crippen LogP contribution in [0.3, 0.4) is 0 Å². The first-order valence-corrected chi connectivity index (χ1v) is 9.74. The molecule has 15 heteroatoms. The Hall–Kier alpha value is -4.04. The molecule has 7 nitrogen and oxygen atoms in total. The molecule has 0 aliphatic heterocycles. The lowest BCUT2D eigenvalue weighted by Gasteiger charge is -2.15. The van der Waals surface area contributed by atoms with Gasteiger partial charge < -0.3 is 11.5 Å². The molecule has 0 bridgehead atoms. The molecule has 0 unspecified atom stereocenters. The number of nitrogens with zero attached hydrogens (tertiary/aromatic N) is 3. The normalized spacial score (nSPS) is 12.6. The van der Waals surface area contributed by atoms with E-state index in [4.69, 9.17) is 11.5 Å². The molecule has 192 valence electrons. The van der Waals surface area contributed by atoms with Gasteiger partial charge in [0.15, 0.2) is 0 Å². The van der Waals surface area contributed by atoms with Crippen molar-refractivity contribution in [2.75, 3.05) is 0 Å². The van der Waals surface area contributed by atoms with E-state index in [0.29, 0.717) is 11.1 Å². The number of halogens is 8. The van der Waals surface area contributed by atoms with Gasteiger partial charge in [-0.1, -0.05) is 30.3 Å². The van der Waals surface area contributed by atoms with E-state index in [-0.39, 0.29) is 26.9 Å². The molecule has 2 aromatic carbocycles. The molecule has 0 fully saturated rings. The first kappa shape index (κ1) is 26.6. The predicted octanol–water partition coefficient (Wildman–Crippen LogP) is 4.17. The summed E-state index contributed by atoms with van der Waals surface area (Å²) in [5, 5.41) is 2.79. The second-order valence-corrected chi connectivity index (χ2v) is 7.59. The molecular formula is C21H15F8N5O2. The number of aromatic nitrogens is 3. The quantitative estimate of drug-likeness (QED) is 0.474. The Morgan fingerprint density at radius 1 is 0.917 bits per heavy atom. The number of rotatable bonds is 6. The monoisotopic (exact) mass is 521 g/mol.